The van der Waals surface area contributed by atoms with Gasteiger partial charge in [-0.05, 0) is 91.8 Å². The van der Waals surface area contributed by atoms with Crippen LogP contribution in [0.2, 0.25) is 0 Å². The van der Waals surface area contributed by atoms with Gasteiger partial charge in [-0.25, -0.2) is 0 Å². The molecule has 4 aliphatic rings. The van der Waals surface area contributed by atoms with E-state index < -0.39 is 0 Å². The number of fused-ring (bicyclic) bond motifs is 3. The average molecular weight is 454 g/mol. The van der Waals surface area contributed by atoms with E-state index in [4.69, 9.17) is 6.42 Å². The van der Waals surface area contributed by atoms with Crippen molar-refractivity contribution >= 4 is 6.21 Å². The smallest absolute Gasteiger partial charge is 0.167 e. The fourth-order valence-electron chi connectivity index (χ4n) is 7.86. The molecule has 0 radical (unpaired) electrons. The van der Waals surface area contributed by atoms with Crippen LogP contribution in [0.5, 0.6) is 0 Å². The fraction of sp³-hybridized carbons (Fsp3) is 0.839. The topological polar surface area (TPSA) is 16.8 Å². The van der Waals surface area contributed by atoms with Crippen LogP contribution in [0.4, 0.5) is 0 Å². The summed E-state index contributed by atoms with van der Waals surface area (Å²) in [5, 5.41) is 4.94. The predicted molar refractivity (Wildman–Crippen MR) is 143 cm³/mol. The number of rotatable bonds is 3. The molecule has 2 nitrogen and oxygen atoms in total. The summed E-state index contributed by atoms with van der Waals surface area (Å²) in [6, 6.07) is 0. The third kappa shape index (κ3) is 6.97. The molecule has 3 fully saturated rings. The zero-order chi connectivity index (χ0) is 23.7. The molecule has 3 aliphatic carbocycles. The van der Waals surface area contributed by atoms with Gasteiger partial charge in [-0.15, -0.1) is 6.42 Å². The Morgan fingerprint density at radius 2 is 1.70 bits per heavy atom. The number of terminal acetylenes is 1. The van der Waals surface area contributed by atoms with E-state index >= 15 is 0 Å². The van der Waals surface area contributed by atoms with Gasteiger partial charge < -0.3 is 0 Å². The molecule has 0 bridgehead atoms. The molecular weight excluding hydrogens is 400 g/mol. The number of nitrogens with one attached hydrogen (secondary N) is 1. The van der Waals surface area contributed by atoms with Crippen molar-refractivity contribution < 1.29 is 5.01 Å². The van der Waals surface area contributed by atoms with Crippen LogP contribution in [0, 0.1) is 46.8 Å². The molecule has 0 aromatic carbocycles. The van der Waals surface area contributed by atoms with Crippen molar-refractivity contribution in [2.45, 2.75) is 124 Å². The predicted octanol–water partition coefficient (Wildman–Crippen LogP) is 7.41. The van der Waals surface area contributed by atoms with Crippen LogP contribution in [-0.4, -0.2) is 12.8 Å². The Bertz CT molecular complexity index is 676. The second-order valence-corrected chi connectivity index (χ2v) is 12.4. The van der Waals surface area contributed by atoms with Gasteiger partial charge in [-0.3, -0.25) is 0 Å². The van der Waals surface area contributed by atoms with Gasteiger partial charge in [-0.1, -0.05) is 77.7 Å². The lowest BCUT2D eigenvalue weighted by molar-refractivity contribution is -0.843. The highest BCUT2D eigenvalue weighted by atomic mass is 15.4. The van der Waals surface area contributed by atoms with Crippen molar-refractivity contribution in [3.63, 3.8) is 0 Å². The molecule has 0 aromatic rings. The van der Waals surface area contributed by atoms with Crippen molar-refractivity contribution in [2.75, 3.05) is 6.54 Å². The largest absolute Gasteiger partial charge is 0.173 e. The van der Waals surface area contributed by atoms with Crippen molar-refractivity contribution in [3.8, 4) is 12.3 Å². The summed E-state index contributed by atoms with van der Waals surface area (Å²) in [4.78, 5) is 0. The van der Waals surface area contributed by atoms with E-state index in [2.05, 4.69) is 38.7 Å². The Labute approximate surface area is 206 Å². The van der Waals surface area contributed by atoms with Crippen LogP contribution in [0.15, 0.2) is 17.4 Å². The SMILES string of the molecule is C#CC[NH+]1C=CC=N1.CCC1CC[C@](C)(CC)CCCCC2C1CCC1(C)CCCCCC21. The number of allylic oxidation sites excluding steroid dienone is 1. The molecule has 0 saturated heterocycles. The monoisotopic (exact) mass is 453 g/mol. The Morgan fingerprint density at radius 1 is 0.909 bits per heavy atom. The van der Waals surface area contributed by atoms with Crippen LogP contribution in [-0.2, 0) is 0 Å². The van der Waals surface area contributed by atoms with E-state index in [1.54, 1.807) is 31.9 Å². The second kappa shape index (κ2) is 12.6. The number of nitrogens with zero attached hydrogens (tertiary/aromatic N) is 1. The molecule has 6 unspecified atom stereocenters. The third-order valence-electron chi connectivity index (χ3n) is 10.3. The molecule has 1 aliphatic heterocycles. The molecule has 0 aromatic heterocycles. The molecule has 0 spiro atoms. The van der Waals surface area contributed by atoms with Crippen LogP contribution in [0.1, 0.15) is 124 Å². The van der Waals surface area contributed by atoms with Crippen molar-refractivity contribution in [3.05, 3.63) is 12.3 Å². The Morgan fingerprint density at radius 3 is 2.39 bits per heavy atom. The van der Waals surface area contributed by atoms with Crippen molar-refractivity contribution in [1.82, 2.24) is 0 Å². The summed E-state index contributed by atoms with van der Waals surface area (Å²) < 4.78 is 0. The lowest BCUT2D eigenvalue weighted by atomic mass is 9.53. The quantitative estimate of drug-likeness (QED) is 0.428. The summed E-state index contributed by atoms with van der Waals surface area (Å²) in [5.74, 6) is 6.70. The van der Waals surface area contributed by atoms with Gasteiger partial charge in [0, 0.05) is 6.08 Å². The number of quaternary nitrogens is 1. The van der Waals surface area contributed by atoms with Crippen molar-refractivity contribution in [2.24, 2.45) is 39.6 Å². The molecule has 186 valence electrons. The molecule has 7 atom stereocenters. The Kier molecular flexibility index (Phi) is 10.1. The van der Waals surface area contributed by atoms with Gasteiger partial charge >= 0.3 is 0 Å². The molecule has 1 heterocycles. The minimum atomic E-state index is 0.631. The maximum absolute atomic E-state index is 5.03. The van der Waals surface area contributed by atoms with Crippen LogP contribution in [0.3, 0.4) is 0 Å². The number of hydrogen-bond acceptors (Lipinski definition) is 1. The van der Waals surface area contributed by atoms with Gasteiger partial charge in [0.15, 0.2) is 6.54 Å². The summed E-state index contributed by atoms with van der Waals surface area (Å²) >= 11 is 0. The maximum Gasteiger partial charge on any atom is 0.167 e. The fourth-order valence-corrected chi connectivity index (χ4v) is 7.86. The summed E-state index contributed by atoms with van der Waals surface area (Å²) in [5.41, 5.74) is 1.32. The molecule has 0 amide bonds. The second-order valence-electron chi connectivity index (χ2n) is 12.4. The molecule has 33 heavy (non-hydrogen) atoms. The van der Waals surface area contributed by atoms with Crippen LogP contribution < -0.4 is 5.01 Å². The lowest BCUT2D eigenvalue weighted by Crippen LogP contribution is -3.01. The van der Waals surface area contributed by atoms with E-state index in [0.29, 0.717) is 17.4 Å². The van der Waals surface area contributed by atoms with Crippen molar-refractivity contribution in [1.29, 1.82) is 0 Å². The highest BCUT2D eigenvalue weighted by Crippen LogP contribution is 2.57. The Balaban J connectivity index is 0.000000323. The van der Waals surface area contributed by atoms with Gasteiger partial charge in [0.2, 0.25) is 0 Å². The molecular formula is C31H53N2+. The zero-order valence-electron chi connectivity index (χ0n) is 22.4. The first kappa shape index (κ1) is 26.5. The van der Waals surface area contributed by atoms with Gasteiger partial charge in [0.1, 0.15) is 6.20 Å². The summed E-state index contributed by atoms with van der Waals surface area (Å²) in [6.07, 6.45) is 33.2. The van der Waals surface area contributed by atoms with E-state index in [1.165, 1.54) is 70.6 Å². The molecule has 4 rings (SSSR count). The molecule has 1 N–H and O–H groups in total. The minimum Gasteiger partial charge on any atom is -0.173 e. The first-order valence-corrected chi connectivity index (χ1v) is 14.4. The van der Waals surface area contributed by atoms with E-state index in [1.807, 2.05) is 12.3 Å². The normalized spacial score (nSPS) is 41.0. The maximum atomic E-state index is 5.03. The molecule has 2 heteroatoms. The lowest BCUT2D eigenvalue weighted by Gasteiger charge is -2.52. The van der Waals surface area contributed by atoms with Gasteiger partial charge in [0.25, 0.3) is 0 Å². The summed E-state index contributed by atoms with van der Waals surface area (Å²) in [6.45, 7) is 10.9. The minimum absolute atomic E-state index is 0.631. The molecule has 3 saturated carbocycles. The number of hydrogen-bond donors (Lipinski definition) is 1. The third-order valence-corrected chi connectivity index (χ3v) is 10.3. The van der Waals surface area contributed by atoms with E-state index in [-0.39, 0.29) is 0 Å². The first-order chi connectivity index (χ1) is 15.9. The highest BCUT2D eigenvalue weighted by Gasteiger charge is 2.47. The van der Waals surface area contributed by atoms with Gasteiger partial charge in [-0.2, -0.15) is 5.01 Å². The zero-order valence-corrected chi connectivity index (χ0v) is 22.4. The summed E-state index contributed by atoms with van der Waals surface area (Å²) in [7, 11) is 0. The van der Waals surface area contributed by atoms with E-state index in [9.17, 15) is 0 Å². The van der Waals surface area contributed by atoms with Crippen LogP contribution in [0.25, 0.3) is 0 Å². The van der Waals surface area contributed by atoms with Gasteiger partial charge in [0.05, 0.1) is 6.21 Å². The highest BCUT2D eigenvalue weighted by molar-refractivity contribution is 5.70. The first-order valence-electron chi connectivity index (χ1n) is 14.4. The Hall–Kier alpha value is -1.07. The average Bonchev–Trinajstić information content (AvgIpc) is 3.25. The van der Waals surface area contributed by atoms with E-state index in [0.717, 1.165) is 28.7 Å². The van der Waals surface area contributed by atoms with Crippen LogP contribution >= 0.6 is 0 Å². The standard InChI is InChI=1S/C25H46.C6H6N2/c1-5-20-14-18-24(3,6-2)16-11-9-12-22-21(20)15-19-25(4)17-10-7-8-13-23(22)25;1-2-5-8-6-3-4-7-8/h20-23H,5-19H2,1-4H3;1,3-4,6H,5H2/p+1/t20?,21?,22?,23?,24-,25?;/m1./s1.